The zero-order chi connectivity index (χ0) is 13.1. The van der Waals surface area contributed by atoms with Crippen LogP contribution in [0.2, 0.25) is 0 Å². The Balaban J connectivity index is 2.17. The SMILES string of the molecule is CN(C(=O)c1cccc(Br)c1F)C1CCCCC1. The highest BCUT2D eigenvalue weighted by Crippen LogP contribution is 2.25. The average Bonchev–Trinajstić information content (AvgIpc) is 2.41. The van der Waals surface area contributed by atoms with Crippen molar-refractivity contribution in [2.24, 2.45) is 0 Å². The number of amides is 1. The first-order valence-electron chi connectivity index (χ1n) is 6.32. The van der Waals surface area contributed by atoms with Gasteiger partial charge in [0.2, 0.25) is 0 Å². The molecule has 4 heteroatoms. The van der Waals surface area contributed by atoms with Gasteiger partial charge in [0.1, 0.15) is 5.82 Å². The van der Waals surface area contributed by atoms with Crippen LogP contribution in [0.4, 0.5) is 4.39 Å². The molecule has 0 spiro atoms. The van der Waals surface area contributed by atoms with Gasteiger partial charge in [0.05, 0.1) is 10.0 Å². The summed E-state index contributed by atoms with van der Waals surface area (Å²) in [5.74, 6) is -0.689. The lowest BCUT2D eigenvalue weighted by atomic mass is 9.94. The second-order valence-electron chi connectivity index (χ2n) is 4.81. The third-order valence-electron chi connectivity index (χ3n) is 3.62. The summed E-state index contributed by atoms with van der Waals surface area (Å²) in [5, 5.41) is 0. The van der Waals surface area contributed by atoms with Crippen molar-refractivity contribution in [2.45, 2.75) is 38.1 Å². The molecule has 1 fully saturated rings. The van der Waals surface area contributed by atoms with E-state index in [2.05, 4.69) is 15.9 Å². The van der Waals surface area contributed by atoms with E-state index in [4.69, 9.17) is 0 Å². The maximum absolute atomic E-state index is 13.9. The van der Waals surface area contributed by atoms with E-state index < -0.39 is 5.82 Å². The van der Waals surface area contributed by atoms with Gasteiger partial charge < -0.3 is 4.90 Å². The zero-order valence-corrected chi connectivity index (χ0v) is 12.0. The fraction of sp³-hybridized carbons (Fsp3) is 0.500. The lowest BCUT2D eigenvalue weighted by molar-refractivity contribution is 0.0691. The number of rotatable bonds is 2. The van der Waals surface area contributed by atoms with Crippen LogP contribution in [-0.2, 0) is 0 Å². The third kappa shape index (κ3) is 2.74. The van der Waals surface area contributed by atoms with Crippen molar-refractivity contribution >= 4 is 21.8 Å². The van der Waals surface area contributed by atoms with Gasteiger partial charge in [-0.15, -0.1) is 0 Å². The number of hydrogen-bond donors (Lipinski definition) is 0. The van der Waals surface area contributed by atoms with E-state index in [1.807, 2.05) is 0 Å². The van der Waals surface area contributed by atoms with E-state index in [0.717, 1.165) is 25.7 Å². The van der Waals surface area contributed by atoms with Crippen LogP contribution >= 0.6 is 15.9 Å². The number of halogens is 2. The normalized spacial score (nSPS) is 16.6. The fourth-order valence-corrected chi connectivity index (χ4v) is 2.86. The molecule has 1 amide bonds. The predicted octanol–water partition coefficient (Wildman–Crippen LogP) is 3.99. The number of nitrogens with zero attached hydrogens (tertiary/aromatic N) is 1. The van der Waals surface area contributed by atoms with Gasteiger partial charge in [0.25, 0.3) is 5.91 Å². The lowest BCUT2D eigenvalue weighted by Gasteiger charge is -2.31. The molecule has 1 aliphatic rings. The summed E-state index contributed by atoms with van der Waals surface area (Å²) in [5.41, 5.74) is 0.150. The Morgan fingerprint density at radius 2 is 2.00 bits per heavy atom. The molecule has 0 heterocycles. The number of carbonyl (C=O) groups excluding carboxylic acids is 1. The molecule has 1 saturated carbocycles. The van der Waals surface area contributed by atoms with Gasteiger partial charge in [-0.1, -0.05) is 25.3 Å². The molecule has 0 aromatic heterocycles. The van der Waals surface area contributed by atoms with Gasteiger partial charge in [-0.3, -0.25) is 4.79 Å². The Morgan fingerprint density at radius 1 is 1.33 bits per heavy atom. The monoisotopic (exact) mass is 313 g/mol. The van der Waals surface area contributed by atoms with E-state index in [1.54, 1.807) is 30.1 Å². The van der Waals surface area contributed by atoms with Gasteiger partial charge in [-0.25, -0.2) is 4.39 Å². The van der Waals surface area contributed by atoms with E-state index in [0.29, 0.717) is 4.47 Å². The maximum Gasteiger partial charge on any atom is 0.256 e. The van der Waals surface area contributed by atoms with Crippen molar-refractivity contribution in [3.63, 3.8) is 0 Å². The topological polar surface area (TPSA) is 20.3 Å². The predicted molar refractivity (Wildman–Crippen MR) is 73.1 cm³/mol. The minimum Gasteiger partial charge on any atom is -0.339 e. The summed E-state index contributed by atoms with van der Waals surface area (Å²) in [6.45, 7) is 0. The molecule has 0 aliphatic heterocycles. The zero-order valence-electron chi connectivity index (χ0n) is 10.5. The molecule has 0 saturated heterocycles. The van der Waals surface area contributed by atoms with Crippen molar-refractivity contribution in [2.75, 3.05) is 7.05 Å². The highest BCUT2D eigenvalue weighted by Gasteiger charge is 2.25. The minimum absolute atomic E-state index is 0.150. The van der Waals surface area contributed by atoms with E-state index in [-0.39, 0.29) is 17.5 Å². The maximum atomic E-state index is 13.9. The third-order valence-corrected chi connectivity index (χ3v) is 4.24. The smallest absolute Gasteiger partial charge is 0.256 e. The van der Waals surface area contributed by atoms with Gasteiger partial charge in [0, 0.05) is 13.1 Å². The van der Waals surface area contributed by atoms with Gasteiger partial charge >= 0.3 is 0 Å². The molecule has 0 unspecified atom stereocenters. The fourth-order valence-electron chi connectivity index (χ4n) is 2.49. The Hall–Kier alpha value is -0.900. The molecule has 2 rings (SSSR count). The summed E-state index contributed by atoms with van der Waals surface area (Å²) in [7, 11) is 1.78. The summed E-state index contributed by atoms with van der Waals surface area (Å²) in [6, 6.07) is 5.09. The van der Waals surface area contributed by atoms with Gasteiger partial charge in [0.15, 0.2) is 0 Å². The van der Waals surface area contributed by atoms with Crippen LogP contribution in [0, 0.1) is 5.82 Å². The minimum atomic E-state index is -0.467. The van der Waals surface area contributed by atoms with E-state index in [1.165, 1.54) is 6.42 Å². The summed E-state index contributed by atoms with van der Waals surface area (Å²) in [6.07, 6.45) is 5.60. The molecule has 98 valence electrons. The quantitative estimate of drug-likeness (QED) is 0.808. The summed E-state index contributed by atoms with van der Waals surface area (Å²) < 4.78 is 14.2. The molecule has 2 nitrogen and oxygen atoms in total. The Bertz CT molecular complexity index is 443. The van der Waals surface area contributed by atoms with Crippen LogP contribution in [0.3, 0.4) is 0 Å². The molecule has 18 heavy (non-hydrogen) atoms. The molecular formula is C14H17BrFNO. The number of carbonyl (C=O) groups is 1. The first-order chi connectivity index (χ1) is 8.61. The van der Waals surface area contributed by atoms with Crippen molar-refractivity contribution in [3.05, 3.63) is 34.1 Å². The molecule has 0 atom stereocenters. The number of benzene rings is 1. The second-order valence-corrected chi connectivity index (χ2v) is 5.66. The van der Waals surface area contributed by atoms with Crippen LogP contribution in [0.25, 0.3) is 0 Å². The molecule has 0 bridgehead atoms. The largest absolute Gasteiger partial charge is 0.339 e. The first kappa shape index (κ1) is 13.5. The van der Waals surface area contributed by atoms with Crippen LogP contribution in [-0.4, -0.2) is 23.9 Å². The molecule has 0 radical (unpaired) electrons. The highest BCUT2D eigenvalue weighted by atomic mass is 79.9. The van der Waals surface area contributed by atoms with Crippen LogP contribution in [0.5, 0.6) is 0 Å². The molecular weight excluding hydrogens is 297 g/mol. The Kier molecular flexibility index (Phi) is 4.38. The molecule has 1 aliphatic carbocycles. The number of hydrogen-bond acceptors (Lipinski definition) is 1. The van der Waals surface area contributed by atoms with Gasteiger partial charge in [-0.2, -0.15) is 0 Å². The van der Waals surface area contributed by atoms with E-state index >= 15 is 0 Å². The van der Waals surface area contributed by atoms with E-state index in [9.17, 15) is 9.18 Å². The van der Waals surface area contributed by atoms with Crippen molar-refractivity contribution in [1.29, 1.82) is 0 Å². The van der Waals surface area contributed by atoms with Crippen molar-refractivity contribution < 1.29 is 9.18 Å². The average molecular weight is 314 g/mol. The Morgan fingerprint density at radius 3 is 2.67 bits per heavy atom. The molecule has 1 aromatic rings. The summed E-state index contributed by atoms with van der Waals surface area (Å²) >= 11 is 3.11. The first-order valence-corrected chi connectivity index (χ1v) is 7.11. The van der Waals surface area contributed by atoms with Crippen LogP contribution in [0.15, 0.2) is 22.7 Å². The lowest BCUT2D eigenvalue weighted by Crippen LogP contribution is -2.38. The highest BCUT2D eigenvalue weighted by molar-refractivity contribution is 9.10. The van der Waals surface area contributed by atoms with Crippen molar-refractivity contribution in [1.82, 2.24) is 4.90 Å². The second kappa shape index (κ2) is 5.83. The Labute approximate surface area is 115 Å². The molecule has 1 aromatic carbocycles. The summed E-state index contributed by atoms with van der Waals surface area (Å²) in [4.78, 5) is 14.0. The van der Waals surface area contributed by atoms with Crippen LogP contribution in [0.1, 0.15) is 42.5 Å². The van der Waals surface area contributed by atoms with Crippen LogP contribution < -0.4 is 0 Å². The van der Waals surface area contributed by atoms with Gasteiger partial charge in [-0.05, 0) is 40.9 Å². The molecule has 0 N–H and O–H groups in total. The van der Waals surface area contributed by atoms with Crippen molar-refractivity contribution in [3.8, 4) is 0 Å². The standard InChI is InChI=1S/C14H17BrFNO/c1-17(10-6-3-2-4-7-10)14(18)11-8-5-9-12(15)13(11)16/h5,8-10H,2-4,6-7H2,1H3.